The van der Waals surface area contributed by atoms with Gasteiger partial charge in [0.25, 0.3) is 0 Å². The number of rotatable bonds is 8. The predicted octanol–water partition coefficient (Wildman–Crippen LogP) is 5.38. The van der Waals surface area contributed by atoms with Gasteiger partial charge in [-0.05, 0) is 47.3 Å². The minimum absolute atomic E-state index is 0.535. The van der Waals surface area contributed by atoms with Crippen molar-refractivity contribution in [2.75, 3.05) is 6.54 Å². The molecule has 1 aromatic heterocycles. The smallest absolute Gasteiger partial charge is 0.0417 e. The Labute approximate surface area is 118 Å². The lowest BCUT2D eigenvalue weighted by molar-refractivity contribution is 0.394. The minimum Gasteiger partial charge on any atom is -0.309 e. The number of hydrogen-bond acceptors (Lipinski definition) is 2. The van der Waals surface area contributed by atoms with E-state index in [0.29, 0.717) is 6.04 Å². The average Bonchev–Trinajstić information content (AvgIpc) is 2.71. The van der Waals surface area contributed by atoms with Crippen molar-refractivity contribution in [1.82, 2.24) is 5.32 Å². The second kappa shape index (κ2) is 8.28. The molecule has 1 rings (SSSR count). The van der Waals surface area contributed by atoms with Crippen LogP contribution >= 0.6 is 27.3 Å². The third kappa shape index (κ3) is 5.54. The Hall–Kier alpha value is 0.140. The van der Waals surface area contributed by atoms with Crippen LogP contribution in [0.25, 0.3) is 0 Å². The number of nitrogens with one attached hydrogen (secondary N) is 1. The van der Waals surface area contributed by atoms with Gasteiger partial charge in [0, 0.05) is 20.8 Å². The summed E-state index contributed by atoms with van der Waals surface area (Å²) in [5.41, 5.74) is 0. The zero-order valence-corrected chi connectivity index (χ0v) is 13.5. The molecule has 0 bridgehead atoms. The van der Waals surface area contributed by atoms with Crippen LogP contribution in [-0.4, -0.2) is 6.54 Å². The molecule has 0 radical (unpaired) electrons. The fraction of sp³-hybridized carbons (Fsp3) is 0.714. The van der Waals surface area contributed by atoms with Gasteiger partial charge in [-0.15, -0.1) is 11.3 Å². The van der Waals surface area contributed by atoms with Crippen LogP contribution < -0.4 is 5.32 Å². The lowest BCUT2D eigenvalue weighted by Gasteiger charge is -2.21. The predicted molar refractivity (Wildman–Crippen MR) is 81.7 cm³/mol. The highest BCUT2D eigenvalue weighted by molar-refractivity contribution is 9.10. The second-order valence-electron chi connectivity index (χ2n) is 4.80. The van der Waals surface area contributed by atoms with E-state index in [1.807, 2.05) is 11.3 Å². The molecular formula is C14H24BrNS. The number of thiophene rings is 1. The van der Waals surface area contributed by atoms with Crippen molar-refractivity contribution in [3.63, 3.8) is 0 Å². The second-order valence-corrected chi connectivity index (χ2v) is 6.66. The van der Waals surface area contributed by atoms with E-state index in [1.165, 1.54) is 35.0 Å². The standard InChI is InChI=1S/C14H24BrNS/c1-4-6-11(3)8-13(16-7-5-2)14-9-12(15)10-17-14/h9-11,13,16H,4-8H2,1-3H3. The van der Waals surface area contributed by atoms with E-state index in [2.05, 4.69) is 53.5 Å². The molecule has 1 heterocycles. The minimum atomic E-state index is 0.535. The van der Waals surface area contributed by atoms with Crippen LogP contribution in [0.4, 0.5) is 0 Å². The number of hydrogen-bond donors (Lipinski definition) is 1. The van der Waals surface area contributed by atoms with Gasteiger partial charge in [-0.3, -0.25) is 0 Å². The Morgan fingerprint density at radius 1 is 1.35 bits per heavy atom. The average molecular weight is 318 g/mol. The highest BCUT2D eigenvalue weighted by atomic mass is 79.9. The molecule has 1 N–H and O–H groups in total. The van der Waals surface area contributed by atoms with Gasteiger partial charge < -0.3 is 5.32 Å². The van der Waals surface area contributed by atoms with Gasteiger partial charge >= 0.3 is 0 Å². The van der Waals surface area contributed by atoms with Crippen molar-refractivity contribution in [2.24, 2.45) is 5.92 Å². The lowest BCUT2D eigenvalue weighted by Crippen LogP contribution is -2.23. The monoisotopic (exact) mass is 317 g/mol. The molecule has 0 fully saturated rings. The van der Waals surface area contributed by atoms with Crippen LogP contribution in [0.1, 0.15) is 57.4 Å². The Morgan fingerprint density at radius 2 is 2.12 bits per heavy atom. The molecular weight excluding hydrogens is 294 g/mol. The van der Waals surface area contributed by atoms with Crippen molar-refractivity contribution in [1.29, 1.82) is 0 Å². The zero-order chi connectivity index (χ0) is 12.7. The van der Waals surface area contributed by atoms with Gasteiger partial charge in [-0.1, -0.05) is 33.6 Å². The summed E-state index contributed by atoms with van der Waals surface area (Å²) >= 11 is 5.41. The van der Waals surface area contributed by atoms with E-state index >= 15 is 0 Å². The van der Waals surface area contributed by atoms with Crippen LogP contribution in [0.2, 0.25) is 0 Å². The van der Waals surface area contributed by atoms with E-state index in [1.54, 1.807) is 0 Å². The molecule has 98 valence electrons. The largest absolute Gasteiger partial charge is 0.309 e. The van der Waals surface area contributed by atoms with Gasteiger partial charge in [-0.2, -0.15) is 0 Å². The van der Waals surface area contributed by atoms with Crippen molar-refractivity contribution in [2.45, 2.75) is 52.5 Å². The first-order valence-electron chi connectivity index (χ1n) is 6.64. The molecule has 0 aromatic carbocycles. The molecule has 2 unspecified atom stereocenters. The molecule has 0 saturated carbocycles. The zero-order valence-electron chi connectivity index (χ0n) is 11.1. The normalized spacial score (nSPS) is 14.8. The molecule has 1 nitrogen and oxygen atoms in total. The first-order chi connectivity index (χ1) is 8.17. The summed E-state index contributed by atoms with van der Waals surface area (Å²) in [4.78, 5) is 1.47. The summed E-state index contributed by atoms with van der Waals surface area (Å²) in [5.74, 6) is 0.801. The van der Waals surface area contributed by atoms with Gasteiger partial charge in [0.1, 0.15) is 0 Å². The SMILES string of the molecule is CCCNC(CC(C)CCC)c1cc(Br)cs1. The van der Waals surface area contributed by atoms with E-state index in [4.69, 9.17) is 0 Å². The van der Waals surface area contributed by atoms with Crippen LogP contribution in [0.5, 0.6) is 0 Å². The maximum atomic E-state index is 3.68. The first kappa shape index (κ1) is 15.2. The van der Waals surface area contributed by atoms with Crippen molar-refractivity contribution >= 4 is 27.3 Å². The molecule has 0 spiro atoms. The first-order valence-corrected chi connectivity index (χ1v) is 8.31. The molecule has 0 aliphatic heterocycles. The van der Waals surface area contributed by atoms with Crippen LogP contribution in [0.3, 0.4) is 0 Å². The Morgan fingerprint density at radius 3 is 2.65 bits per heavy atom. The molecule has 17 heavy (non-hydrogen) atoms. The summed E-state index contributed by atoms with van der Waals surface area (Å²) in [6.45, 7) is 7.97. The quantitative estimate of drug-likeness (QED) is 0.679. The van der Waals surface area contributed by atoms with Gasteiger partial charge in [0.05, 0.1) is 0 Å². The topological polar surface area (TPSA) is 12.0 Å². The molecule has 3 heteroatoms. The fourth-order valence-electron chi connectivity index (χ4n) is 2.14. The van der Waals surface area contributed by atoms with Gasteiger partial charge in [0.2, 0.25) is 0 Å². The maximum absolute atomic E-state index is 3.68. The summed E-state index contributed by atoms with van der Waals surface area (Å²) in [5, 5.41) is 5.86. The molecule has 0 aliphatic rings. The highest BCUT2D eigenvalue weighted by Crippen LogP contribution is 2.30. The molecule has 0 aliphatic carbocycles. The third-order valence-corrected chi connectivity index (χ3v) is 4.80. The van der Waals surface area contributed by atoms with Crippen LogP contribution in [-0.2, 0) is 0 Å². The third-order valence-electron chi connectivity index (χ3n) is 2.99. The number of halogens is 1. The fourth-order valence-corrected chi connectivity index (χ4v) is 3.68. The van der Waals surface area contributed by atoms with E-state index < -0.39 is 0 Å². The molecule has 0 saturated heterocycles. The van der Waals surface area contributed by atoms with Crippen molar-refractivity contribution < 1.29 is 0 Å². The Balaban J connectivity index is 2.60. The van der Waals surface area contributed by atoms with E-state index in [9.17, 15) is 0 Å². The van der Waals surface area contributed by atoms with Crippen molar-refractivity contribution in [3.8, 4) is 0 Å². The van der Waals surface area contributed by atoms with E-state index in [0.717, 1.165) is 12.5 Å². The van der Waals surface area contributed by atoms with Crippen LogP contribution in [0, 0.1) is 5.92 Å². The Bertz CT molecular complexity index is 311. The maximum Gasteiger partial charge on any atom is 0.0417 e. The van der Waals surface area contributed by atoms with E-state index in [-0.39, 0.29) is 0 Å². The van der Waals surface area contributed by atoms with Crippen LogP contribution in [0.15, 0.2) is 15.9 Å². The van der Waals surface area contributed by atoms with Gasteiger partial charge in [-0.25, -0.2) is 0 Å². The summed E-state index contributed by atoms with van der Waals surface area (Å²) in [6, 6.07) is 2.80. The van der Waals surface area contributed by atoms with Gasteiger partial charge in [0.15, 0.2) is 0 Å². The summed E-state index contributed by atoms with van der Waals surface area (Å²) in [6.07, 6.45) is 5.07. The van der Waals surface area contributed by atoms with Crippen molar-refractivity contribution in [3.05, 3.63) is 20.8 Å². The molecule has 2 atom stereocenters. The lowest BCUT2D eigenvalue weighted by atomic mass is 9.96. The Kier molecular flexibility index (Phi) is 7.40. The molecule has 1 aromatic rings. The summed E-state index contributed by atoms with van der Waals surface area (Å²) in [7, 11) is 0. The highest BCUT2D eigenvalue weighted by Gasteiger charge is 2.15. The molecule has 0 amide bonds. The summed E-state index contributed by atoms with van der Waals surface area (Å²) < 4.78 is 1.21.